The molecule has 0 aliphatic rings. The minimum atomic E-state index is -0.803. The lowest BCUT2D eigenvalue weighted by atomic mass is 10.1. The van der Waals surface area contributed by atoms with Crippen LogP contribution in [0.1, 0.15) is 29.2 Å². The van der Waals surface area contributed by atoms with Crippen molar-refractivity contribution in [1.29, 1.82) is 0 Å². The second kappa shape index (κ2) is 6.02. The number of nitrogens with zero attached hydrogens (tertiary/aromatic N) is 1. The Hall–Kier alpha value is -1.62. The van der Waals surface area contributed by atoms with Gasteiger partial charge in [-0.15, -0.1) is 0 Å². The molecule has 2 rings (SSSR count). The Bertz CT molecular complexity index is 593. The molecule has 2 N–H and O–H groups in total. The third-order valence-electron chi connectivity index (χ3n) is 2.87. The highest BCUT2D eigenvalue weighted by Gasteiger charge is 2.09. The quantitative estimate of drug-likeness (QED) is 0.889. The fraction of sp³-hybridized carbons (Fsp3) is 0.286. The predicted molar refractivity (Wildman–Crippen MR) is 76.2 cm³/mol. The van der Waals surface area contributed by atoms with E-state index in [0.717, 1.165) is 28.1 Å². The summed E-state index contributed by atoms with van der Waals surface area (Å²) in [6, 6.07) is 8.09. The lowest BCUT2D eigenvalue weighted by Crippen LogP contribution is -1.99. The predicted octanol–water partition coefficient (Wildman–Crippen LogP) is 3.09. The number of aryl methyl sites for hydroxylation is 2. The minimum Gasteiger partial charge on any atom is -0.481 e. The van der Waals surface area contributed by atoms with Crippen LogP contribution >= 0.6 is 15.9 Å². The molecule has 1 aromatic heterocycles. The number of aromatic nitrogens is 2. The van der Waals surface area contributed by atoms with Crippen LogP contribution in [-0.2, 0) is 17.6 Å². The number of hydrogen-bond acceptors (Lipinski definition) is 2. The van der Waals surface area contributed by atoms with Crippen LogP contribution in [0.25, 0.3) is 0 Å². The number of nitrogens with one attached hydrogen (secondary N) is 1. The molecule has 19 heavy (non-hydrogen) atoms. The molecule has 0 fully saturated rings. The molecule has 0 amide bonds. The van der Waals surface area contributed by atoms with Crippen molar-refractivity contribution in [3.05, 3.63) is 51.5 Å². The van der Waals surface area contributed by atoms with E-state index < -0.39 is 5.97 Å². The van der Waals surface area contributed by atoms with Gasteiger partial charge in [-0.25, -0.2) is 4.98 Å². The second-order valence-corrected chi connectivity index (χ2v) is 5.37. The van der Waals surface area contributed by atoms with Crippen LogP contribution in [0.3, 0.4) is 0 Å². The maximum absolute atomic E-state index is 10.5. The van der Waals surface area contributed by atoms with Crippen molar-refractivity contribution < 1.29 is 9.90 Å². The highest BCUT2D eigenvalue weighted by atomic mass is 79.9. The number of benzene rings is 1. The highest BCUT2D eigenvalue weighted by molar-refractivity contribution is 9.10. The molecule has 0 aliphatic heterocycles. The number of aromatic amines is 1. The molecule has 0 bridgehead atoms. The van der Waals surface area contributed by atoms with Crippen molar-refractivity contribution in [2.45, 2.75) is 26.2 Å². The SMILES string of the molecule is Cc1[nH]c(CCC(=O)O)nc1Cc1cccc(Br)c1. The Morgan fingerprint density at radius 1 is 1.47 bits per heavy atom. The number of carboxylic acid groups (broad SMARTS) is 1. The van der Waals surface area contributed by atoms with Crippen molar-refractivity contribution in [3.8, 4) is 0 Å². The Labute approximate surface area is 120 Å². The molecule has 0 saturated heterocycles. The summed E-state index contributed by atoms with van der Waals surface area (Å²) in [5.74, 6) is -0.0625. The molecule has 0 saturated carbocycles. The van der Waals surface area contributed by atoms with E-state index in [4.69, 9.17) is 5.11 Å². The normalized spacial score (nSPS) is 10.6. The molecule has 5 heteroatoms. The van der Waals surface area contributed by atoms with Gasteiger partial charge in [-0.2, -0.15) is 0 Å². The lowest BCUT2D eigenvalue weighted by Gasteiger charge is -2.00. The fourth-order valence-corrected chi connectivity index (χ4v) is 2.37. The molecule has 100 valence electrons. The van der Waals surface area contributed by atoms with Crippen LogP contribution in [0.2, 0.25) is 0 Å². The lowest BCUT2D eigenvalue weighted by molar-refractivity contribution is -0.137. The second-order valence-electron chi connectivity index (χ2n) is 4.46. The zero-order valence-electron chi connectivity index (χ0n) is 10.6. The Kier molecular flexibility index (Phi) is 4.37. The van der Waals surface area contributed by atoms with E-state index in [0.29, 0.717) is 6.42 Å². The number of halogens is 1. The van der Waals surface area contributed by atoms with Crippen LogP contribution in [0.5, 0.6) is 0 Å². The largest absolute Gasteiger partial charge is 0.481 e. The molecule has 4 nitrogen and oxygen atoms in total. The average molecular weight is 323 g/mol. The fourth-order valence-electron chi connectivity index (χ4n) is 1.92. The first-order chi connectivity index (χ1) is 9.04. The van der Waals surface area contributed by atoms with Gasteiger partial charge in [0.15, 0.2) is 0 Å². The van der Waals surface area contributed by atoms with Gasteiger partial charge < -0.3 is 10.1 Å². The van der Waals surface area contributed by atoms with Gasteiger partial charge in [0, 0.05) is 23.0 Å². The average Bonchev–Trinajstić information content (AvgIpc) is 2.68. The summed E-state index contributed by atoms with van der Waals surface area (Å²) >= 11 is 3.45. The summed E-state index contributed by atoms with van der Waals surface area (Å²) in [7, 11) is 0. The number of H-pyrrole nitrogens is 1. The summed E-state index contributed by atoms with van der Waals surface area (Å²) in [6.07, 6.45) is 1.28. The molecular formula is C14H15BrN2O2. The van der Waals surface area contributed by atoms with Crippen molar-refractivity contribution in [3.63, 3.8) is 0 Å². The van der Waals surface area contributed by atoms with Gasteiger partial charge in [0.25, 0.3) is 0 Å². The van der Waals surface area contributed by atoms with E-state index >= 15 is 0 Å². The summed E-state index contributed by atoms with van der Waals surface area (Å²) in [6.45, 7) is 1.96. The number of imidazole rings is 1. The topological polar surface area (TPSA) is 66.0 Å². The monoisotopic (exact) mass is 322 g/mol. The molecule has 0 unspecified atom stereocenters. The first-order valence-corrected chi connectivity index (χ1v) is 6.84. The Morgan fingerprint density at radius 2 is 2.26 bits per heavy atom. The third-order valence-corrected chi connectivity index (χ3v) is 3.36. The van der Waals surface area contributed by atoms with Crippen LogP contribution in [-0.4, -0.2) is 21.0 Å². The maximum Gasteiger partial charge on any atom is 0.303 e. The van der Waals surface area contributed by atoms with Gasteiger partial charge in [0.05, 0.1) is 12.1 Å². The van der Waals surface area contributed by atoms with Gasteiger partial charge in [-0.05, 0) is 24.6 Å². The van der Waals surface area contributed by atoms with Gasteiger partial charge in [-0.1, -0.05) is 28.1 Å². The van der Waals surface area contributed by atoms with E-state index in [-0.39, 0.29) is 6.42 Å². The molecular weight excluding hydrogens is 308 g/mol. The highest BCUT2D eigenvalue weighted by Crippen LogP contribution is 2.16. The first kappa shape index (κ1) is 13.8. The smallest absolute Gasteiger partial charge is 0.303 e. The number of carbonyl (C=O) groups is 1. The van der Waals surface area contributed by atoms with Crippen LogP contribution in [0.15, 0.2) is 28.7 Å². The van der Waals surface area contributed by atoms with Crippen LogP contribution in [0, 0.1) is 6.92 Å². The van der Waals surface area contributed by atoms with Gasteiger partial charge in [0.1, 0.15) is 5.82 Å². The van der Waals surface area contributed by atoms with Crippen LogP contribution in [0.4, 0.5) is 0 Å². The number of aliphatic carboxylic acids is 1. The molecule has 1 heterocycles. The third kappa shape index (κ3) is 3.92. The van der Waals surface area contributed by atoms with Gasteiger partial charge in [0.2, 0.25) is 0 Å². The number of carboxylic acids is 1. The number of rotatable bonds is 5. The summed E-state index contributed by atoms with van der Waals surface area (Å²) < 4.78 is 1.05. The van der Waals surface area contributed by atoms with Crippen molar-refractivity contribution >= 4 is 21.9 Å². The zero-order chi connectivity index (χ0) is 13.8. The first-order valence-electron chi connectivity index (χ1n) is 6.05. The van der Waals surface area contributed by atoms with E-state index in [9.17, 15) is 4.79 Å². The summed E-state index contributed by atoms with van der Waals surface area (Å²) in [5.41, 5.74) is 3.15. The minimum absolute atomic E-state index is 0.100. The number of hydrogen-bond donors (Lipinski definition) is 2. The zero-order valence-corrected chi connectivity index (χ0v) is 12.2. The van der Waals surface area contributed by atoms with E-state index in [1.165, 1.54) is 5.56 Å². The van der Waals surface area contributed by atoms with Crippen molar-refractivity contribution in [2.24, 2.45) is 0 Å². The maximum atomic E-state index is 10.5. The molecule has 0 atom stereocenters. The van der Waals surface area contributed by atoms with E-state index in [2.05, 4.69) is 38.0 Å². The van der Waals surface area contributed by atoms with Gasteiger partial charge >= 0.3 is 5.97 Å². The molecule has 0 aliphatic carbocycles. The molecule has 0 radical (unpaired) electrons. The van der Waals surface area contributed by atoms with E-state index in [1.54, 1.807) is 0 Å². The molecule has 0 spiro atoms. The van der Waals surface area contributed by atoms with Crippen LogP contribution < -0.4 is 0 Å². The summed E-state index contributed by atoms with van der Waals surface area (Å²) in [4.78, 5) is 18.2. The van der Waals surface area contributed by atoms with Gasteiger partial charge in [-0.3, -0.25) is 4.79 Å². The molecule has 2 aromatic rings. The Balaban J connectivity index is 2.10. The Morgan fingerprint density at radius 3 is 2.95 bits per heavy atom. The van der Waals surface area contributed by atoms with Crippen molar-refractivity contribution in [2.75, 3.05) is 0 Å². The van der Waals surface area contributed by atoms with Crippen molar-refractivity contribution in [1.82, 2.24) is 9.97 Å². The molecule has 1 aromatic carbocycles. The standard InChI is InChI=1S/C14H15BrN2O2/c1-9-12(8-10-3-2-4-11(15)7-10)17-13(16-9)5-6-14(18)19/h2-4,7H,5-6,8H2,1H3,(H,16,17)(H,18,19). The van der Waals surface area contributed by atoms with E-state index in [1.807, 2.05) is 19.1 Å². The summed E-state index contributed by atoms with van der Waals surface area (Å²) in [5, 5.41) is 8.67.